The first-order chi connectivity index (χ1) is 11.5. The lowest BCUT2D eigenvalue weighted by Crippen LogP contribution is -2.33. The summed E-state index contributed by atoms with van der Waals surface area (Å²) in [6, 6.07) is 3.53. The average Bonchev–Trinajstić information content (AvgIpc) is 2.94. The maximum Gasteiger partial charge on any atom is 0.489 e. The molecule has 0 aliphatic heterocycles. The number of nitrogens with one attached hydrogen (secondary N) is 1. The Kier molecular flexibility index (Phi) is 6.41. The van der Waals surface area contributed by atoms with Crippen molar-refractivity contribution in [3.8, 4) is 0 Å². The number of carbonyl (C=O) groups is 1. The fourth-order valence-corrected chi connectivity index (χ4v) is 2.51. The SMILES string of the molecule is CCOC(=O)Cc1csc(NN=Cc2cc(F)ccc2B(O)O)n1. The minimum absolute atomic E-state index is 0.0699. The normalized spacial score (nSPS) is 10.8. The number of benzene rings is 1. The highest BCUT2D eigenvalue weighted by atomic mass is 32.1. The Morgan fingerprint density at radius 3 is 3.04 bits per heavy atom. The van der Waals surface area contributed by atoms with Crippen molar-refractivity contribution in [1.29, 1.82) is 0 Å². The molecule has 1 heterocycles. The molecule has 0 unspecified atom stereocenters. The van der Waals surface area contributed by atoms with Crippen LogP contribution in [0, 0.1) is 5.82 Å². The molecule has 0 aliphatic carbocycles. The van der Waals surface area contributed by atoms with Crippen LogP contribution in [0.1, 0.15) is 18.2 Å². The summed E-state index contributed by atoms with van der Waals surface area (Å²) in [5.74, 6) is -0.883. The topological polar surface area (TPSA) is 104 Å². The van der Waals surface area contributed by atoms with Gasteiger partial charge < -0.3 is 14.8 Å². The van der Waals surface area contributed by atoms with Gasteiger partial charge in [0.1, 0.15) is 5.82 Å². The van der Waals surface area contributed by atoms with Crippen LogP contribution in [0.5, 0.6) is 0 Å². The minimum Gasteiger partial charge on any atom is -0.466 e. The molecule has 0 radical (unpaired) electrons. The molecule has 2 rings (SSSR count). The highest BCUT2D eigenvalue weighted by molar-refractivity contribution is 7.13. The van der Waals surface area contributed by atoms with Gasteiger partial charge >= 0.3 is 13.1 Å². The molecule has 0 atom stereocenters. The van der Waals surface area contributed by atoms with Crippen LogP contribution >= 0.6 is 11.3 Å². The molecule has 0 bridgehead atoms. The predicted octanol–water partition coefficient (Wildman–Crippen LogP) is 0.514. The van der Waals surface area contributed by atoms with E-state index < -0.39 is 12.9 Å². The van der Waals surface area contributed by atoms with Gasteiger partial charge in [-0.1, -0.05) is 6.07 Å². The van der Waals surface area contributed by atoms with Crippen LogP contribution in [0.3, 0.4) is 0 Å². The van der Waals surface area contributed by atoms with E-state index >= 15 is 0 Å². The summed E-state index contributed by atoms with van der Waals surface area (Å²) < 4.78 is 18.1. The Bertz CT molecular complexity index is 739. The highest BCUT2D eigenvalue weighted by Crippen LogP contribution is 2.16. The molecular weight excluding hydrogens is 336 g/mol. The van der Waals surface area contributed by atoms with Crippen molar-refractivity contribution in [2.24, 2.45) is 5.10 Å². The van der Waals surface area contributed by atoms with E-state index in [1.165, 1.54) is 23.6 Å². The Hall–Kier alpha value is -2.30. The zero-order valence-electron chi connectivity index (χ0n) is 12.8. The lowest BCUT2D eigenvalue weighted by Gasteiger charge is -2.04. The van der Waals surface area contributed by atoms with Crippen molar-refractivity contribution in [3.05, 3.63) is 40.7 Å². The van der Waals surface area contributed by atoms with E-state index in [4.69, 9.17) is 4.74 Å². The Morgan fingerprint density at radius 2 is 2.33 bits per heavy atom. The monoisotopic (exact) mass is 351 g/mol. The van der Waals surface area contributed by atoms with E-state index in [0.717, 1.165) is 12.1 Å². The summed E-state index contributed by atoms with van der Waals surface area (Å²) in [4.78, 5) is 15.5. The number of halogens is 1. The van der Waals surface area contributed by atoms with Gasteiger partial charge in [-0.05, 0) is 30.1 Å². The second kappa shape index (κ2) is 8.53. The van der Waals surface area contributed by atoms with Crippen molar-refractivity contribution in [2.45, 2.75) is 13.3 Å². The number of thiazole rings is 1. The zero-order valence-corrected chi connectivity index (χ0v) is 13.6. The molecule has 0 aliphatic rings. The molecule has 0 amide bonds. The van der Waals surface area contributed by atoms with Crippen molar-refractivity contribution >= 4 is 41.2 Å². The van der Waals surface area contributed by atoms with Gasteiger partial charge in [0.25, 0.3) is 0 Å². The van der Waals surface area contributed by atoms with Crippen LogP contribution in [0.25, 0.3) is 0 Å². The molecular formula is C14H15BFN3O4S. The Morgan fingerprint density at radius 1 is 1.54 bits per heavy atom. The summed E-state index contributed by atoms with van der Waals surface area (Å²) in [7, 11) is -1.73. The van der Waals surface area contributed by atoms with Crippen molar-refractivity contribution in [1.82, 2.24) is 4.98 Å². The molecule has 126 valence electrons. The van der Waals surface area contributed by atoms with Crippen LogP contribution in [0.15, 0.2) is 28.7 Å². The van der Waals surface area contributed by atoms with E-state index in [1.807, 2.05) is 0 Å². The number of carbonyl (C=O) groups excluding carboxylic acids is 1. The van der Waals surface area contributed by atoms with Gasteiger partial charge in [-0.15, -0.1) is 11.3 Å². The molecule has 2 aromatic rings. The lowest BCUT2D eigenvalue weighted by atomic mass is 9.77. The van der Waals surface area contributed by atoms with E-state index in [2.05, 4.69) is 15.5 Å². The first kappa shape index (κ1) is 18.0. The van der Waals surface area contributed by atoms with Gasteiger partial charge in [-0.25, -0.2) is 9.37 Å². The molecule has 10 heteroatoms. The minimum atomic E-state index is -1.73. The van der Waals surface area contributed by atoms with Crippen molar-refractivity contribution < 1.29 is 24.0 Å². The second-order valence-electron chi connectivity index (χ2n) is 4.64. The van der Waals surface area contributed by atoms with Crippen LogP contribution in [-0.2, 0) is 16.0 Å². The largest absolute Gasteiger partial charge is 0.489 e. The summed E-state index contributed by atoms with van der Waals surface area (Å²) in [6.07, 6.45) is 1.32. The third kappa shape index (κ3) is 5.12. The number of aromatic nitrogens is 1. The Balaban J connectivity index is 2.01. The fourth-order valence-electron chi connectivity index (χ4n) is 1.85. The van der Waals surface area contributed by atoms with Gasteiger partial charge in [-0.3, -0.25) is 10.2 Å². The molecule has 1 aromatic heterocycles. The maximum absolute atomic E-state index is 13.2. The molecule has 7 nitrogen and oxygen atoms in total. The first-order valence-corrected chi connectivity index (χ1v) is 7.92. The number of hydrogen-bond donors (Lipinski definition) is 3. The van der Waals surface area contributed by atoms with Crippen LogP contribution in [0.2, 0.25) is 0 Å². The highest BCUT2D eigenvalue weighted by Gasteiger charge is 2.15. The molecule has 0 saturated heterocycles. The molecule has 0 spiro atoms. The van der Waals surface area contributed by atoms with Gasteiger partial charge in [0.2, 0.25) is 5.13 Å². The van der Waals surface area contributed by atoms with E-state index in [-0.39, 0.29) is 23.4 Å². The maximum atomic E-state index is 13.2. The molecule has 1 aromatic carbocycles. The number of hydrogen-bond acceptors (Lipinski definition) is 8. The number of esters is 1. The average molecular weight is 351 g/mol. The van der Waals surface area contributed by atoms with Gasteiger partial charge in [0.15, 0.2) is 0 Å². The zero-order chi connectivity index (χ0) is 17.5. The third-order valence-corrected chi connectivity index (χ3v) is 3.67. The number of anilines is 1. The summed E-state index contributed by atoms with van der Waals surface area (Å²) in [5, 5.41) is 24.5. The molecule has 0 fully saturated rings. The van der Waals surface area contributed by atoms with Gasteiger partial charge in [0, 0.05) is 5.38 Å². The van der Waals surface area contributed by atoms with Gasteiger partial charge in [0.05, 0.1) is 24.9 Å². The summed E-state index contributed by atoms with van der Waals surface area (Å²) in [6.45, 7) is 2.04. The molecule has 0 saturated carbocycles. The van der Waals surface area contributed by atoms with Crippen LogP contribution in [0.4, 0.5) is 9.52 Å². The fraction of sp³-hybridized carbons (Fsp3) is 0.214. The number of nitrogens with zero attached hydrogens (tertiary/aromatic N) is 2. The summed E-state index contributed by atoms with van der Waals surface area (Å²) in [5.41, 5.74) is 3.54. The lowest BCUT2D eigenvalue weighted by molar-refractivity contribution is -0.142. The predicted molar refractivity (Wildman–Crippen MR) is 89.9 cm³/mol. The molecule has 24 heavy (non-hydrogen) atoms. The summed E-state index contributed by atoms with van der Waals surface area (Å²) >= 11 is 1.24. The second-order valence-corrected chi connectivity index (χ2v) is 5.50. The third-order valence-electron chi connectivity index (χ3n) is 2.87. The van der Waals surface area contributed by atoms with E-state index in [9.17, 15) is 19.2 Å². The van der Waals surface area contributed by atoms with Crippen molar-refractivity contribution in [2.75, 3.05) is 12.0 Å². The molecule has 3 N–H and O–H groups in total. The number of hydrazone groups is 1. The van der Waals surface area contributed by atoms with E-state index in [0.29, 0.717) is 17.4 Å². The van der Waals surface area contributed by atoms with Gasteiger partial charge in [-0.2, -0.15) is 5.10 Å². The van der Waals surface area contributed by atoms with Crippen LogP contribution < -0.4 is 10.9 Å². The quantitative estimate of drug-likeness (QED) is 0.291. The van der Waals surface area contributed by atoms with E-state index in [1.54, 1.807) is 12.3 Å². The number of rotatable bonds is 7. The van der Waals surface area contributed by atoms with Crippen LogP contribution in [-0.4, -0.2) is 40.9 Å². The standard InChI is InChI=1S/C14H15BFN3O4S/c1-2-23-13(20)6-11-8-24-14(18-11)19-17-7-9-5-10(16)3-4-12(9)15(21)22/h3-5,7-8,21-22H,2,6H2,1H3,(H,18,19). The number of ether oxygens (including phenoxy) is 1. The first-order valence-electron chi connectivity index (χ1n) is 7.04. The smallest absolute Gasteiger partial charge is 0.466 e. The Labute approximate surface area is 142 Å². The van der Waals surface area contributed by atoms with Crippen molar-refractivity contribution in [3.63, 3.8) is 0 Å².